The lowest BCUT2D eigenvalue weighted by molar-refractivity contribution is -0.116. The molecule has 3 heterocycles. The Kier molecular flexibility index (Phi) is 6.75. The Morgan fingerprint density at radius 2 is 1.76 bits per heavy atom. The molecule has 1 aliphatic heterocycles. The Balaban J connectivity index is 1.21. The van der Waals surface area contributed by atoms with Crippen LogP contribution in [0.5, 0.6) is 0 Å². The van der Waals surface area contributed by atoms with Gasteiger partial charge in [-0.2, -0.15) is 0 Å². The lowest BCUT2D eigenvalue weighted by atomic mass is 10.1. The number of amides is 4. The largest absolute Gasteiger partial charge is 0.394 e. The number of aliphatic hydroxyl groups excluding tert-OH is 1. The van der Waals surface area contributed by atoms with Gasteiger partial charge in [0.1, 0.15) is 5.69 Å². The van der Waals surface area contributed by atoms with E-state index in [-0.39, 0.29) is 49.0 Å². The highest BCUT2D eigenvalue weighted by Gasteiger charge is 2.34. The molecule has 11 heteroatoms. The predicted molar refractivity (Wildman–Crippen MR) is 138 cm³/mol. The summed E-state index contributed by atoms with van der Waals surface area (Å²) in [7, 11) is 0. The molecule has 0 saturated carbocycles. The fourth-order valence-electron chi connectivity index (χ4n) is 4.62. The minimum absolute atomic E-state index is 0.00886. The summed E-state index contributed by atoms with van der Waals surface area (Å²) in [5.41, 5.74) is 7.60. The van der Waals surface area contributed by atoms with Crippen LogP contribution in [0.2, 0.25) is 0 Å². The highest BCUT2D eigenvalue weighted by atomic mass is 16.3. The van der Waals surface area contributed by atoms with Gasteiger partial charge in [-0.25, -0.2) is 4.98 Å². The molecule has 1 unspecified atom stereocenters. The van der Waals surface area contributed by atoms with E-state index in [0.29, 0.717) is 29.8 Å². The van der Waals surface area contributed by atoms with E-state index in [1.165, 1.54) is 12.5 Å². The average molecular weight is 515 g/mol. The summed E-state index contributed by atoms with van der Waals surface area (Å²) in [6, 6.07) is 13.8. The maximum Gasteiger partial charge on any atom is 0.268 e. The number of carbonyl (C=O) groups excluding carboxylic acids is 4. The number of primary amides is 1. The molecule has 2 aromatic heterocycles. The summed E-state index contributed by atoms with van der Waals surface area (Å²) < 4.78 is 3.68. The van der Waals surface area contributed by atoms with Crippen LogP contribution < -0.4 is 11.1 Å². The number of aryl methyl sites for hydroxylation is 1. The lowest BCUT2D eigenvalue weighted by Gasteiger charge is -2.17. The van der Waals surface area contributed by atoms with Gasteiger partial charge in [-0.1, -0.05) is 18.2 Å². The molecule has 0 spiro atoms. The zero-order valence-corrected chi connectivity index (χ0v) is 20.4. The summed E-state index contributed by atoms with van der Waals surface area (Å²) in [4.78, 5) is 54.1. The van der Waals surface area contributed by atoms with Crippen LogP contribution in [0.15, 0.2) is 67.3 Å². The number of imidazole rings is 1. The third kappa shape index (κ3) is 4.78. The molecule has 4 amide bonds. The zero-order valence-electron chi connectivity index (χ0n) is 20.4. The molecule has 11 nitrogen and oxygen atoms in total. The van der Waals surface area contributed by atoms with Gasteiger partial charge in [0.05, 0.1) is 35.6 Å². The Morgan fingerprint density at radius 1 is 1.03 bits per heavy atom. The number of nitrogens with two attached hydrogens (primary N) is 1. The number of aliphatic hydroxyl groups is 1. The van der Waals surface area contributed by atoms with E-state index in [1.54, 1.807) is 34.9 Å². The predicted octanol–water partition coefficient (Wildman–Crippen LogP) is 2.19. The van der Waals surface area contributed by atoms with E-state index in [2.05, 4.69) is 10.3 Å². The molecular weight excluding hydrogens is 488 g/mol. The van der Waals surface area contributed by atoms with Crippen molar-refractivity contribution in [1.82, 2.24) is 19.0 Å². The molecule has 1 atom stereocenters. The zero-order chi connectivity index (χ0) is 26.8. The van der Waals surface area contributed by atoms with Crippen LogP contribution in [0.4, 0.5) is 5.69 Å². The van der Waals surface area contributed by atoms with Crippen molar-refractivity contribution < 1.29 is 24.3 Å². The van der Waals surface area contributed by atoms with Gasteiger partial charge in [-0.05, 0) is 42.1 Å². The molecule has 0 aliphatic carbocycles. The highest BCUT2D eigenvalue weighted by Crippen LogP contribution is 2.24. The van der Waals surface area contributed by atoms with Crippen molar-refractivity contribution in [2.24, 2.45) is 5.73 Å². The molecule has 2 aromatic carbocycles. The van der Waals surface area contributed by atoms with Crippen LogP contribution >= 0.6 is 0 Å². The van der Waals surface area contributed by atoms with Gasteiger partial charge in [-0.3, -0.25) is 24.1 Å². The molecule has 4 N–H and O–H groups in total. The van der Waals surface area contributed by atoms with E-state index in [0.717, 1.165) is 15.8 Å². The molecule has 38 heavy (non-hydrogen) atoms. The molecule has 0 radical (unpaired) electrons. The van der Waals surface area contributed by atoms with Gasteiger partial charge in [0.2, 0.25) is 5.91 Å². The maximum absolute atomic E-state index is 12.6. The van der Waals surface area contributed by atoms with Crippen LogP contribution in [0.3, 0.4) is 0 Å². The van der Waals surface area contributed by atoms with Crippen LogP contribution in [0.25, 0.3) is 10.9 Å². The average Bonchev–Trinajstić information content (AvgIpc) is 3.62. The van der Waals surface area contributed by atoms with Crippen LogP contribution in [0.1, 0.15) is 50.1 Å². The number of nitrogens with one attached hydrogen (secondary N) is 1. The van der Waals surface area contributed by atoms with Gasteiger partial charge in [-0.15, -0.1) is 0 Å². The number of hydrogen-bond donors (Lipinski definition) is 3. The molecule has 5 rings (SSSR count). The first kappa shape index (κ1) is 24.9. The summed E-state index contributed by atoms with van der Waals surface area (Å²) in [5.74, 6) is -1.72. The standard InChI is InChI=1S/C27H26N6O5/c28-25(36)22-14-32(16-29-22)19(15-34)8-11-31-10-7-17-5-6-18(13-23(17)31)30-24(35)9-12-33-26(37)20-3-1-2-4-21(20)27(33)38/h1-7,10,13-14,16,19,34H,8-9,11-12,15H2,(H2,28,36)(H,30,35). The number of carbonyl (C=O) groups is 4. The van der Waals surface area contributed by atoms with E-state index in [9.17, 15) is 24.3 Å². The first-order chi connectivity index (χ1) is 18.4. The summed E-state index contributed by atoms with van der Waals surface area (Å²) in [6.07, 6.45) is 5.46. The minimum Gasteiger partial charge on any atom is -0.394 e. The number of hydrogen-bond acceptors (Lipinski definition) is 6. The maximum atomic E-state index is 12.6. The number of imide groups is 1. The Bertz CT molecular complexity index is 1520. The van der Waals surface area contributed by atoms with Crippen LogP contribution in [-0.2, 0) is 11.3 Å². The molecule has 194 valence electrons. The monoisotopic (exact) mass is 514 g/mol. The second-order valence-electron chi connectivity index (χ2n) is 9.08. The van der Waals surface area contributed by atoms with E-state index < -0.39 is 5.91 Å². The molecule has 4 aromatic rings. The summed E-state index contributed by atoms with van der Waals surface area (Å²) >= 11 is 0. The van der Waals surface area contributed by atoms with E-state index >= 15 is 0 Å². The minimum atomic E-state index is -0.629. The van der Waals surface area contributed by atoms with Crippen molar-refractivity contribution in [3.8, 4) is 0 Å². The van der Waals surface area contributed by atoms with Crippen molar-refractivity contribution in [3.63, 3.8) is 0 Å². The Labute approximate surface area is 217 Å². The molecule has 0 saturated heterocycles. The number of benzene rings is 2. The first-order valence-corrected chi connectivity index (χ1v) is 12.1. The Hall–Kier alpha value is -4.77. The number of rotatable bonds is 10. The molecule has 1 aliphatic rings. The topological polar surface area (TPSA) is 153 Å². The first-order valence-electron chi connectivity index (χ1n) is 12.1. The van der Waals surface area contributed by atoms with E-state index in [4.69, 9.17) is 5.73 Å². The van der Waals surface area contributed by atoms with E-state index in [1.807, 2.05) is 29.0 Å². The SMILES string of the molecule is NC(=O)c1cn(C(CO)CCn2ccc3ccc(NC(=O)CCN4C(=O)c5ccccc5C4=O)cc32)cn1. The van der Waals surface area contributed by atoms with Gasteiger partial charge in [0.15, 0.2) is 0 Å². The highest BCUT2D eigenvalue weighted by molar-refractivity contribution is 6.21. The molecular formula is C27H26N6O5. The van der Waals surface area contributed by atoms with Crippen molar-refractivity contribution in [3.05, 3.63) is 84.1 Å². The normalized spacial score (nSPS) is 13.7. The quantitative estimate of drug-likeness (QED) is 0.276. The second kappa shape index (κ2) is 10.3. The smallest absolute Gasteiger partial charge is 0.268 e. The van der Waals surface area contributed by atoms with Crippen molar-refractivity contribution in [2.75, 3.05) is 18.5 Å². The fraction of sp³-hybridized carbons (Fsp3) is 0.222. The van der Waals surface area contributed by atoms with Gasteiger partial charge in [0, 0.05) is 37.6 Å². The number of anilines is 1. The third-order valence-electron chi connectivity index (χ3n) is 6.69. The van der Waals surface area contributed by atoms with Crippen LogP contribution in [0, 0.1) is 0 Å². The lowest BCUT2D eigenvalue weighted by Crippen LogP contribution is -2.32. The van der Waals surface area contributed by atoms with Gasteiger partial charge < -0.3 is 25.3 Å². The Morgan fingerprint density at radius 3 is 2.42 bits per heavy atom. The third-order valence-corrected chi connectivity index (χ3v) is 6.69. The van der Waals surface area contributed by atoms with Gasteiger partial charge in [0.25, 0.3) is 17.7 Å². The van der Waals surface area contributed by atoms with Crippen molar-refractivity contribution in [1.29, 1.82) is 0 Å². The second-order valence-corrected chi connectivity index (χ2v) is 9.08. The summed E-state index contributed by atoms with van der Waals surface area (Å²) in [5, 5.41) is 13.7. The summed E-state index contributed by atoms with van der Waals surface area (Å²) in [6.45, 7) is 0.420. The van der Waals surface area contributed by atoms with Crippen molar-refractivity contribution >= 4 is 40.2 Å². The molecule has 0 fully saturated rings. The number of nitrogens with zero attached hydrogens (tertiary/aromatic N) is 4. The number of aromatic nitrogens is 3. The van der Waals surface area contributed by atoms with Crippen molar-refractivity contribution in [2.45, 2.75) is 25.4 Å². The number of fused-ring (bicyclic) bond motifs is 2. The fourth-order valence-corrected chi connectivity index (χ4v) is 4.62. The van der Waals surface area contributed by atoms with Crippen LogP contribution in [-0.4, -0.2) is 60.9 Å². The molecule has 0 bridgehead atoms. The van der Waals surface area contributed by atoms with Gasteiger partial charge >= 0.3 is 0 Å².